The van der Waals surface area contributed by atoms with Crippen molar-refractivity contribution in [1.82, 2.24) is 5.32 Å². The first kappa shape index (κ1) is 19.6. The Morgan fingerprint density at radius 1 is 1.04 bits per heavy atom. The number of hydrogen-bond acceptors (Lipinski definition) is 4. The van der Waals surface area contributed by atoms with Crippen LogP contribution in [0.5, 0.6) is 0 Å². The van der Waals surface area contributed by atoms with Gasteiger partial charge >= 0.3 is 5.97 Å². The standard InChI is InChI=1S/C18H19N2O5P/c21-16(20-14-2-1-3-15(26)8-14)9-19-17(22)11-25-10-12-4-6-13(7-5-12)18(23)24/h1-8H,9-11,26H2,(H,19,22)(H,20,21)(H,23,24). The highest BCUT2D eigenvalue weighted by molar-refractivity contribution is 7.27. The smallest absolute Gasteiger partial charge is 0.335 e. The molecule has 136 valence electrons. The molecule has 0 aromatic heterocycles. The molecule has 26 heavy (non-hydrogen) atoms. The minimum absolute atomic E-state index is 0.156. The fourth-order valence-electron chi connectivity index (χ4n) is 2.06. The van der Waals surface area contributed by atoms with Gasteiger partial charge in [0.15, 0.2) is 0 Å². The summed E-state index contributed by atoms with van der Waals surface area (Å²) in [5.41, 5.74) is 1.58. The zero-order valence-corrected chi connectivity index (χ0v) is 15.1. The molecule has 7 nitrogen and oxygen atoms in total. The zero-order valence-electron chi connectivity index (χ0n) is 13.9. The Morgan fingerprint density at radius 3 is 2.42 bits per heavy atom. The molecule has 0 aliphatic rings. The van der Waals surface area contributed by atoms with Crippen molar-refractivity contribution < 1.29 is 24.2 Å². The maximum atomic E-state index is 11.8. The summed E-state index contributed by atoms with van der Waals surface area (Å²) >= 11 is 0. The lowest BCUT2D eigenvalue weighted by Gasteiger charge is -2.08. The van der Waals surface area contributed by atoms with Crippen molar-refractivity contribution in [2.45, 2.75) is 6.61 Å². The second-order valence-electron chi connectivity index (χ2n) is 5.45. The first-order chi connectivity index (χ1) is 12.4. The van der Waals surface area contributed by atoms with Crippen LogP contribution in [0.1, 0.15) is 15.9 Å². The van der Waals surface area contributed by atoms with Crippen LogP contribution in [0.15, 0.2) is 48.5 Å². The number of anilines is 1. The van der Waals surface area contributed by atoms with Gasteiger partial charge in [0.2, 0.25) is 11.8 Å². The first-order valence-corrected chi connectivity index (χ1v) is 8.34. The topological polar surface area (TPSA) is 105 Å². The molecule has 3 N–H and O–H groups in total. The number of benzene rings is 2. The molecule has 0 bridgehead atoms. The van der Waals surface area contributed by atoms with Gasteiger partial charge < -0.3 is 20.5 Å². The normalized spacial score (nSPS) is 10.2. The van der Waals surface area contributed by atoms with Gasteiger partial charge in [0.1, 0.15) is 6.61 Å². The number of rotatable bonds is 8. The second kappa shape index (κ2) is 9.65. The molecule has 1 atom stereocenters. The predicted molar refractivity (Wildman–Crippen MR) is 100 cm³/mol. The molecule has 1 unspecified atom stereocenters. The van der Waals surface area contributed by atoms with Crippen LogP contribution in [0.25, 0.3) is 0 Å². The van der Waals surface area contributed by atoms with Crippen LogP contribution < -0.4 is 15.9 Å². The molecular weight excluding hydrogens is 355 g/mol. The summed E-state index contributed by atoms with van der Waals surface area (Å²) in [6.45, 7) is -0.188. The van der Waals surface area contributed by atoms with Gasteiger partial charge in [0, 0.05) is 5.69 Å². The first-order valence-electron chi connectivity index (χ1n) is 7.76. The molecule has 0 saturated heterocycles. The highest BCUT2D eigenvalue weighted by Crippen LogP contribution is 2.06. The number of amides is 2. The lowest BCUT2D eigenvalue weighted by molar-refractivity contribution is -0.128. The number of carboxylic acids is 1. The number of carbonyl (C=O) groups excluding carboxylic acids is 2. The molecule has 0 radical (unpaired) electrons. The molecule has 0 saturated carbocycles. The maximum Gasteiger partial charge on any atom is 0.335 e. The molecule has 8 heteroatoms. The van der Waals surface area contributed by atoms with Crippen LogP contribution in [0.3, 0.4) is 0 Å². The van der Waals surface area contributed by atoms with Gasteiger partial charge in [-0.05, 0) is 35.1 Å². The summed E-state index contributed by atoms with van der Waals surface area (Å²) in [6, 6.07) is 13.4. The minimum Gasteiger partial charge on any atom is -0.478 e. The summed E-state index contributed by atoms with van der Waals surface area (Å²) in [6.07, 6.45) is 0. The SMILES string of the molecule is O=C(COCc1ccc(C(=O)O)cc1)NCC(=O)Nc1cccc(P)c1. The van der Waals surface area contributed by atoms with Gasteiger partial charge in [0.25, 0.3) is 0 Å². The summed E-state index contributed by atoms with van der Waals surface area (Å²) < 4.78 is 5.25. The van der Waals surface area contributed by atoms with Crippen LogP contribution in [0.4, 0.5) is 5.69 Å². The van der Waals surface area contributed by atoms with Crippen LogP contribution in [0, 0.1) is 0 Å². The Kier molecular flexibility index (Phi) is 7.26. The van der Waals surface area contributed by atoms with E-state index in [1.807, 2.05) is 12.1 Å². The molecule has 2 aromatic rings. The number of carboxylic acid groups (broad SMARTS) is 1. The van der Waals surface area contributed by atoms with Crippen molar-refractivity contribution in [3.05, 3.63) is 59.7 Å². The van der Waals surface area contributed by atoms with Gasteiger partial charge in [-0.15, -0.1) is 9.24 Å². The highest BCUT2D eigenvalue weighted by atomic mass is 31.0. The Hall–Kier alpha value is -2.76. The van der Waals surface area contributed by atoms with Crippen molar-refractivity contribution in [3.8, 4) is 0 Å². The van der Waals surface area contributed by atoms with E-state index in [0.29, 0.717) is 5.69 Å². The van der Waals surface area contributed by atoms with Crippen molar-refractivity contribution in [1.29, 1.82) is 0 Å². The van der Waals surface area contributed by atoms with Crippen molar-refractivity contribution in [2.75, 3.05) is 18.5 Å². The highest BCUT2D eigenvalue weighted by Gasteiger charge is 2.07. The van der Waals surface area contributed by atoms with E-state index in [4.69, 9.17) is 9.84 Å². The Bertz CT molecular complexity index is 792. The summed E-state index contributed by atoms with van der Waals surface area (Å²) in [7, 11) is 2.54. The molecule has 2 amide bonds. The Balaban J connectivity index is 1.67. The van der Waals surface area contributed by atoms with E-state index in [9.17, 15) is 14.4 Å². The maximum absolute atomic E-state index is 11.8. The van der Waals surface area contributed by atoms with E-state index in [-0.39, 0.29) is 31.2 Å². The molecule has 0 spiro atoms. The lowest BCUT2D eigenvalue weighted by atomic mass is 10.1. The van der Waals surface area contributed by atoms with Crippen LogP contribution >= 0.6 is 9.24 Å². The zero-order chi connectivity index (χ0) is 18.9. The Labute approximate surface area is 153 Å². The number of hydrogen-bond donors (Lipinski definition) is 3. The molecule has 0 aliphatic carbocycles. The summed E-state index contributed by atoms with van der Waals surface area (Å²) in [5.74, 6) is -1.75. The predicted octanol–water partition coefficient (Wildman–Crippen LogP) is 1.16. The minimum atomic E-state index is -1.00. The third-order valence-electron chi connectivity index (χ3n) is 3.32. The molecule has 0 fully saturated rings. The van der Waals surface area contributed by atoms with Gasteiger partial charge in [0.05, 0.1) is 18.7 Å². The van der Waals surface area contributed by atoms with E-state index in [0.717, 1.165) is 10.9 Å². The second-order valence-corrected chi connectivity index (χ2v) is 6.11. The van der Waals surface area contributed by atoms with Crippen molar-refractivity contribution in [3.63, 3.8) is 0 Å². The monoisotopic (exact) mass is 374 g/mol. The quantitative estimate of drug-likeness (QED) is 0.602. The van der Waals surface area contributed by atoms with Crippen molar-refractivity contribution in [2.24, 2.45) is 0 Å². The van der Waals surface area contributed by atoms with Gasteiger partial charge in [-0.3, -0.25) is 9.59 Å². The van der Waals surface area contributed by atoms with Crippen LogP contribution in [0.2, 0.25) is 0 Å². The molecule has 2 rings (SSSR count). The van der Waals surface area contributed by atoms with Gasteiger partial charge in [-0.2, -0.15) is 0 Å². The van der Waals surface area contributed by atoms with Crippen LogP contribution in [-0.2, 0) is 20.9 Å². The van der Waals surface area contributed by atoms with E-state index >= 15 is 0 Å². The van der Waals surface area contributed by atoms with Gasteiger partial charge in [-0.1, -0.05) is 24.3 Å². The van der Waals surface area contributed by atoms with E-state index in [2.05, 4.69) is 19.9 Å². The van der Waals surface area contributed by atoms with Crippen molar-refractivity contribution >= 4 is 38.0 Å². The van der Waals surface area contributed by atoms with E-state index in [1.165, 1.54) is 12.1 Å². The fourth-order valence-corrected chi connectivity index (χ4v) is 2.35. The number of nitrogens with one attached hydrogen (secondary N) is 2. The Morgan fingerprint density at radius 2 is 1.77 bits per heavy atom. The largest absolute Gasteiger partial charge is 0.478 e. The molecule has 2 aromatic carbocycles. The number of carbonyl (C=O) groups is 3. The van der Waals surface area contributed by atoms with Gasteiger partial charge in [-0.25, -0.2) is 4.79 Å². The number of ether oxygens (including phenoxy) is 1. The summed E-state index contributed by atoms with van der Waals surface area (Å²) in [4.78, 5) is 34.2. The lowest BCUT2D eigenvalue weighted by Crippen LogP contribution is -2.35. The fraction of sp³-hybridized carbons (Fsp3) is 0.167. The third kappa shape index (κ3) is 6.63. The van der Waals surface area contributed by atoms with E-state index in [1.54, 1.807) is 24.3 Å². The molecule has 0 heterocycles. The van der Waals surface area contributed by atoms with Crippen LogP contribution in [-0.4, -0.2) is 36.0 Å². The average molecular weight is 374 g/mol. The third-order valence-corrected chi connectivity index (χ3v) is 3.68. The molecule has 0 aliphatic heterocycles. The average Bonchev–Trinajstić information content (AvgIpc) is 2.60. The van der Waals surface area contributed by atoms with E-state index < -0.39 is 11.9 Å². The molecular formula is C18H19N2O5P. The number of aromatic carboxylic acids is 1. The summed E-state index contributed by atoms with van der Waals surface area (Å²) in [5, 5.41) is 14.9.